The molecule has 7 heteroatoms. The molecule has 0 heterocycles. The highest BCUT2D eigenvalue weighted by Crippen LogP contribution is 2.25. The smallest absolute Gasteiger partial charge is 0.234 e. The quantitative estimate of drug-likeness (QED) is 0.863. The van der Waals surface area contributed by atoms with Crippen molar-refractivity contribution in [1.29, 1.82) is 0 Å². The number of carbonyl (C=O) groups excluding carboxylic acids is 1. The molecule has 0 spiro atoms. The van der Waals surface area contributed by atoms with Crippen molar-refractivity contribution in [1.82, 2.24) is 4.90 Å². The van der Waals surface area contributed by atoms with Crippen LogP contribution in [0.2, 0.25) is 10.0 Å². The predicted molar refractivity (Wildman–Crippen MR) is 83.8 cm³/mol. The maximum absolute atomic E-state index is 11.7. The molecule has 1 amide bonds. The maximum Gasteiger partial charge on any atom is 0.234 e. The molecule has 0 unspecified atom stereocenters. The summed E-state index contributed by atoms with van der Waals surface area (Å²) >= 11 is 18.1. The van der Waals surface area contributed by atoms with Gasteiger partial charge in [0.1, 0.15) is 4.32 Å². The lowest BCUT2D eigenvalue weighted by Gasteiger charge is -2.12. The zero-order valence-corrected chi connectivity index (χ0v) is 13.0. The number of halogens is 2. The molecule has 0 saturated heterocycles. The minimum Gasteiger partial charge on any atom is -0.364 e. The summed E-state index contributed by atoms with van der Waals surface area (Å²) in [6.07, 6.45) is 0. The van der Waals surface area contributed by atoms with Crippen LogP contribution in [-0.4, -0.2) is 35.0 Å². The molecule has 0 saturated carbocycles. The molecule has 0 bridgehead atoms. The fourth-order valence-corrected chi connectivity index (χ4v) is 2.13. The molecule has 0 aliphatic heterocycles. The Morgan fingerprint density at radius 3 is 2.72 bits per heavy atom. The van der Waals surface area contributed by atoms with Crippen molar-refractivity contribution in [3.63, 3.8) is 0 Å². The Morgan fingerprint density at radius 1 is 1.44 bits per heavy atom. The third kappa shape index (κ3) is 5.02. The highest BCUT2D eigenvalue weighted by Gasteiger charge is 2.09. The number of rotatable bonds is 3. The highest BCUT2D eigenvalue weighted by atomic mass is 35.5. The summed E-state index contributed by atoms with van der Waals surface area (Å²) in [6.45, 7) is 0. The van der Waals surface area contributed by atoms with Gasteiger partial charge in [0, 0.05) is 19.1 Å². The van der Waals surface area contributed by atoms with Gasteiger partial charge in [-0.05, 0) is 18.2 Å². The van der Waals surface area contributed by atoms with E-state index in [0.717, 1.165) is 0 Å². The Hall–Kier alpha value is -0.490. The van der Waals surface area contributed by atoms with Crippen LogP contribution < -0.4 is 5.32 Å². The molecule has 0 aliphatic rings. The molecular weight excluding hydrogens is 311 g/mol. The fraction of sp³-hybridized carbons (Fsp3) is 0.273. The lowest BCUT2D eigenvalue weighted by atomic mass is 10.3. The van der Waals surface area contributed by atoms with Gasteiger partial charge in [0.2, 0.25) is 5.91 Å². The fourth-order valence-electron chi connectivity index (χ4n) is 1.04. The molecular formula is C11H12Cl2N2OS2. The number of anilines is 1. The summed E-state index contributed by atoms with van der Waals surface area (Å²) in [7, 11) is 3.67. The minimum absolute atomic E-state index is 0.173. The lowest BCUT2D eigenvalue weighted by molar-refractivity contribution is -0.113. The number of thioether (sulfide) groups is 1. The van der Waals surface area contributed by atoms with E-state index in [1.54, 1.807) is 23.1 Å². The Bertz CT molecular complexity index is 466. The van der Waals surface area contributed by atoms with E-state index in [1.165, 1.54) is 11.8 Å². The topological polar surface area (TPSA) is 32.3 Å². The highest BCUT2D eigenvalue weighted by molar-refractivity contribution is 8.23. The van der Waals surface area contributed by atoms with Gasteiger partial charge in [-0.2, -0.15) is 0 Å². The largest absolute Gasteiger partial charge is 0.364 e. The molecule has 0 aliphatic carbocycles. The van der Waals surface area contributed by atoms with E-state index >= 15 is 0 Å². The normalized spacial score (nSPS) is 10.0. The van der Waals surface area contributed by atoms with Crippen molar-refractivity contribution in [3.05, 3.63) is 28.2 Å². The van der Waals surface area contributed by atoms with E-state index in [9.17, 15) is 4.79 Å². The molecule has 0 atom stereocenters. The maximum atomic E-state index is 11.7. The molecule has 1 aromatic rings. The van der Waals surface area contributed by atoms with Crippen LogP contribution in [-0.2, 0) is 4.79 Å². The number of hydrogen-bond acceptors (Lipinski definition) is 3. The summed E-state index contributed by atoms with van der Waals surface area (Å²) in [5, 5.41) is 3.66. The Labute approximate surface area is 126 Å². The summed E-state index contributed by atoms with van der Waals surface area (Å²) < 4.78 is 0.655. The van der Waals surface area contributed by atoms with Gasteiger partial charge in [-0.25, -0.2) is 0 Å². The molecule has 1 N–H and O–H groups in total. The van der Waals surface area contributed by atoms with Crippen molar-refractivity contribution in [3.8, 4) is 0 Å². The van der Waals surface area contributed by atoms with Crippen LogP contribution in [0.3, 0.4) is 0 Å². The second-order valence-electron chi connectivity index (χ2n) is 3.62. The van der Waals surface area contributed by atoms with E-state index in [1.807, 2.05) is 14.1 Å². The van der Waals surface area contributed by atoms with Gasteiger partial charge in [-0.1, -0.05) is 47.2 Å². The standard InChI is InChI=1S/C11H12Cl2N2OS2/c1-15(2)11(17)18-6-10(16)14-9-5-7(12)3-4-8(9)13/h3-5H,6H2,1-2H3,(H,14,16). The van der Waals surface area contributed by atoms with Crippen LogP contribution in [0, 0.1) is 0 Å². The molecule has 3 nitrogen and oxygen atoms in total. The first kappa shape index (κ1) is 15.6. The van der Waals surface area contributed by atoms with Crippen molar-refractivity contribution in [2.24, 2.45) is 0 Å². The first-order valence-electron chi connectivity index (χ1n) is 4.99. The first-order valence-corrected chi connectivity index (χ1v) is 7.14. The lowest BCUT2D eigenvalue weighted by Crippen LogP contribution is -2.20. The monoisotopic (exact) mass is 322 g/mol. The Kier molecular flexibility index (Phi) is 6.21. The number of benzene rings is 1. The molecule has 0 radical (unpaired) electrons. The van der Waals surface area contributed by atoms with Crippen LogP contribution in [0.25, 0.3) is 0 Å². The summed E-state index contributed by atoms with van der Waals surface area (Å²) in [6, 6.07) is 4.91. The van der Waals surface area contributed by atoms with Crippen molar-refractivity contribution >= 4 is 63.1 Å². The van der Waals surface area contributed by atoms with Gasteiger partial charge < -0.3 is 10.2 Å². The molecule has 98 valence electrons. The summed E-state index contributed by atoms with van der Waals surface area (Å²) in [5.41, 5.74) is 0.505. The molecule has 18 heavy (non-hydrogen) atoms. The van der Waals surface area contributed by atoms with Gasteiger partial charge in [0.25, 0.3) is 0 Å². The number of carbonyl (C=O) groups is 1. The van der Waals surface area contributed by atoms with Crippen LogP contribution in [0.15, 0.2) is 18.2 Å². The number of nitrogens with one attached hydrogen (secondary N) is 1. The van der Waals surface area contributed by atoms with E-state index < -0.39 is 0 Å². The molecule has 1 aromatic carbocycles. The van der Waals surface area contributed by atoms with Crippen molar-refractivity contribution in [2.45, 2.75) is 0 Å². The number of hydrogen-bond donors (Lipinski definition) is 1. The SMILES string of the molecule is CN(C)C(=S)SCC(=O)Nc1cc(Cl)ccc1Cl. The summed E-state index contributed by atoms with van der Waals surface area (Å²) in [5.74, 6) is 0.0632. The average Bonchev–Trinajstić information content (AvgIpc) is 2.30. The Balaban J connectivity index is 2.55. The molecule has 0 fully saturated rings. The van der Waals surface area contributed by atoms with Gasteiger partial charge in [0.15, 0.2) is 0 Å². The first-order chi connectivity index (χ1) is 8.40. The predicted octanol–water partition coefficient (Wildman–Crippen LogP) is 3.51. The van der Waals surface area contributed by atoms with Crippen LogP contribution >= 0.6 is 47.2 Å². The van der Waals surface area contributed by atoms with E-state index in [2.05, 4.69) is 5.32 Å². The third-order valence-corrected chi connectivity index (χ3v) is 4.20. The number of thiocarbonyl (C=S) groups is 1. The van der Waals surface area contributed by atoms with E-state index in [4.69, 9.17) is 35.4 Å². The van der Waals surface area contributed by atoms with Crippen molar-refractivity contribution < 1.29 is 4.79 Å². The van der Waals surface area contributed by atoms with Crippen LogP contribution in [0.1, 0.15) is 0 Å². The second kappa shape index (κ2) is 7.19. The zero-order valence-electron chi connectivity index (χ0n) is 9.87. The van der Waals surface area contributed by atoms with Gasteiger partial charge in [-0.3, -0.25) is 4.79 Å². The van der Waals surface area contributed by atoms with E-state index in [-0.39, 0.29) is 11.7 Å². The molecule has 1 rings (SSSR count). The van der Waals surface area contributed by atoms with Gasteiger partial charge >= 0.3 is 0 Å². The average molecular weight is 323 g/mol. The Morgan fingerprint density at radius 2 is 2.11 bits per heavy atom. The van der Waals surface area contributed by atoms with Gasteiger partial charge in [0.05, 0.1) is 16.5 Å². The molecule has 0 aromatic heterocycles. The van der Waals surface area contributed by atoms with Crippen LogP contribution in [0.4, 0.5) is 5.69 Å². The minimum atomic E-state index is -0.173. The van der Waals surface area contributed by atoms with Gasteiger partial charge in [-0.15, -0.1) is 0 Å². The number of amides is 1. The number of nitrogens with zero attached hydrogens (tertiary/aromatic N) is 1. The third-order valence-electron chi connectivity index (χ3n) is 1.89. The van der Waals surface area contributed by atoms with Crippen LogP contribution in [0.5, 0.6) is 0 Å². The van der Waals surface area contributed by atoms with E-state index in [0.29, 0.717) is 20.1 Å². The summed E-state index contributed by atoms with van der Waals surface area (Å²) in [4.78, 5) is 13.5. The zero-order chi connectivity index (χ0) is 13.7. The van der Waals surface area contributed by atoms with Crippen molar-refractivity contribution in [2.75, 3.05) is 25.2 Å². The second-order valence-corrected chi connectivity index (χ2v) is 6.07.